The van der Waals surface area contributed by atoms with Crippen molar-refractivity contribution in [3.8, 4) is 0 Å². The summed E-state index contributed by atoms with van der Waals surface area (Å²) in [6.07, 6.45) is 2.43. The largest absolute Gasteiger partial charge is 0.416 e. The number of alkyl halides is 3. The van der Waals surface area contributed by atoms with Gasteiger partial charge in [-0.15, -0.1) is 0 Å². The average molecular weight is 682 g/mol. The second-order valence-corrected chi connectivity index (χ2v) is 13.0. The van der Waals surface area contributed by atoms with Gasteiger partial charge in [0.2, 0.25) is 11.8 Å². The normalized spacial score (nSPS) is 14.5. The fraction of sp³-hybridized carbons (Fsp3) is 0.333. The number of unbranched alkanes of at least 4 members (excludes halogenated alkanes) is 2. The van der Waals surface area contributed by atoms with Gasteiger partial charge in [0.25, 0.3) is 0 Å². The Morgan fingerprint density at radius 2 is 1.34 bits per heavy atom. The predicted molar refractivity (Wildman–Crippen MR) is 193 cm³/mol. The number of hydrogen-bond donors (Lipinski definition) is 0. The second kappa shape index (κ2) is 17.8. The Labute approximate surface area is 294 Å². The summed E-state index contributed by atoms with van der Waals surface area (Å²) in [4.78, 5) is 34.4. The zero-order valence-electron chi connectivity index (χ0n) is 28.7. The molecule has 2 amide bonds. The van der Waals surface area contributed by atoms with Crippen LogP contribution in [0.5, 0.6) is 0 Å². The van der Waals surface area contributed by atoms with Crippen molar-refractivity contribution in [3.63, 3.8) is 0 Å². The maximum atomic E-state index is 14.5. The Kier molecular flexibility index (Phi) is 13.0. The zero-order valence-corrected chi connectivity index (χ0v) is 28.7. The van der Waals surface area contributed by atoms with Crippen molar-refractivity contribution in [2.75, 3.05) is 26.2 Å². The fourth-order valence-corrected chi connectivity index (χ4v) is 6.43. The number of carbonyl (C=O) groups excluding carboxylic acids is 2. The topological polar surface area (TPSA) is 43.9 Å². The molecule has 5 rings (SSSR count). The van der Waals surface area contributed by atoms with Crippen molar-refractivity contribution in [1.29, 1.82) is 0 Å². The van der Waals surface area contributed by atoms with Gasteiger partial charge in [-0.2, -0.15) is 13.2 Å². The number of hydrogen-bond acceptors (Lipinski definition) is 3. The lowest BCUT2D eigenvalue weighted by molar-refractivity contribution is -0.145. The van der Waals surface area contributed by atoms with Crippen LogP contribution in [0, 0.1) is 0 Å². The molecule has 4 aromatic rings. The molecule has 0 spiro atoms. The number of carbonyl (C=O) groups is 2. The number of nitrogens with zero attached hydrogens (tertiary/aromatic N) is 3. The minimum absolute atomic E-state index is 0.106. The molecular weight excluding hydrogens is 635 g/mol. The molecule has 0 aliphatic carbocycles. The van der Waals surface area contributed by atoms with Crippen LogP contribution >= 0.6 is 0 Å². The Morgan fingerprint density at radius 1 is 0.740 bits per heavy atom. The van der Waals surface area contributed by atoms with Crippen LogP contribution in [0.15, 0.2) is 115 Å². The highest BCUT2D eigenvalue weighted by Gasteiger charge is 2.35. The fourth-order valence-electron chi connectivity index (χ4n) is 6.43. The van der Waals surface area contributed by atoms with Crippen molar-refractivity contribution < 1.29 is 22.8 Å². The number of amides is 2. The van der Waals surface area contributed by atoms with Crippen LogP contribution in [-0.2, 0) is 41.7 Å². The Morgan fingerprint density at radius 3 is 1.98 bits per heavy atom. The molecule has 1 heterocycles. The van der Waals surface area contributed by atoms with Crippen molar-refractivity contribution >= 4 is 17.9 Å². The molecular formula is C42H46F3N3O2. The smallest absolute Gasteiger partial charge is 0.338 e. The van der Waals surface area contributed by atoms with Crippen LogP contribution < -0.4 is 0 Å². The van der Waals surface area contributed by atoms with Crippen molar-refractivity contribution in [2.24, 2.45) is 0 Å². The first-order chi connectivity index (χ1) is 24.2. The quantitative estimate of drug-likeness (QED) is 0.0992. The Balaban J connectivity index is 1.43. The molecule has 1 atom stereocenters. The molecule has 0 N–H and O–H groups in total. The van der Waals surface area contributed by atoms with Gasteiger partial charge in [0.1, 0.15) is 6.04 Å². The monoisotopic (exact) mass is 681 g/mol. The molecule has 0 aromatic heterocycles. The molecule has 1 saturated heterocycles. The van der Waals surface area contributed by atoms with E-state index in [0.29, 0.717) is 26.2 Å². The van der Waals surface area contributed by atoms with Gasteiger partial charge in [-0.05, 0) is 52.8 Å². The van der Waals surface area contributed by atoms with Crippen LogP contribution in [-0.4, -0.2) is 58.7 Å². The van der Waals surface area contributed by atoms with Crippen molar-refractivity contribution in [2.45, 2.75) is 64.3 Å². The number of aryl methyl sites for hydroxylation is 1. The number of piperazine rings is 1. The van der Waals surface area contributed by atoms with Gasteiger partial charge >= 0.3 is 6.18 Å². The summed E-state index contributed by atoms with van der Waals surface area (Å²) in [5, 5.41) is 0. The molecule has 4 aromatic carbocycles. The molecule has 8 heteroatoms. The van der Waals surface area contributed by atoms with E-state index in [0.717, 1.165) is 49.4 Å². The van der Waals surface area contributed by atoms with E-state index >= 15 is 0 Å². The van der Waals surface area contributed by atoms with Gasteiger partial charge in [0.15, 0.2) is 0 Å². The highest BCUT2D eigenvalue weighted by molar-refractivity contribution is 5.96. The summed E-state index contributed by atoms with van der Waals surface area (Å²) in [5.74, 6) is -0.687. The summed E-state index contributed by atoms with van der Waals surface area (Å²) in [7, 11) is 0. The molecule has 1 aliphatic rings. The molecule has 50 heavy (non-hydrogen) atoms. The van der Waals surface area contributed by atoms with E-state index in [1.165, 1.54) is 46.4 Å². The highest BCUT2D eigenvalue weighted by atomic mass is 19.4. The van der Waals surface area contributed by atoms with E-state index in [1.807, 2.05) is 65.6 Å². The summed E-state index contributed by atoms with van der Waals surface area (Å²) in [6.45, 7) is 5.51. The van der Waals surface area contributed by atoms with Crippen LogP contribution in [0.25, 0.3) is 6.08 Å². The molecule has 0 bridgehead atoms. The standard InChI is InChI=1S/C42H46F3N3O2/c1-2-3-6-13-33-20-22-36(23-21-33)32-48(40(49)25-24-37-18-11-12-19-38(37)42(43,44)45)39(30-34-14-7-4-8-15-34)41(50)47-28-26-46(27-29-47)31-35-16-9-5-10-17-35/h4-5,7-12,14-25,39H,2-3,6,13,26-32H2,1H3/b25-24-/t39-/m0/s1. The lowest BCUT2D eigenvalue weighted by Gasteiger charge is -2.39. The van der Waals surface area contributed by atoms with Gasteiger partial charge in [0.05, 0.1) is 5.56 Å². The average Bonchev–Trinajstić information content (AvgIpc) is 3.13. The maximum Gasteiger partial charge on any atom is 0.416 e. The molecule has 0 radical (unpaired) electrons. The first kappa shape index (κ1) is 36.6. The molecule has 1 fully saturated rings. The minimum Gasteiger partial charge on any atom is -0.338 e. The minimum atomic E-state index is -4.57. The summed E-state index contributed by atoms with van der Waals surface area (Å²) < 4.78 is 41.4. The SMILES string of the molecule is CCCCCc1ccc(CN(C(=O)/C=C\c2ccccc2C(F)(F)F)[C@@H](Cc2ccccc2)C(=O)N2CCN(Cc3ccccc3)CC2)cc1. The highest BCUT2D eigenvalue weighted by Crippen LogP contribution is 2.32. The predicted octanol–water partition coefficient (Wildman–Crippen LogP) is 8.44. The van der Waals surface area contributed by atoms with Crippen LogP contribution in [0.2, 0.25) is 0 Å². The molecule has 1 aliphatic heterocycles. The lowest BCUT2D eigenvalue weighted by Crippen LogP contribution is -2.56. The number of rotatable bonds is 14. The van der Waals surface area contributed by atoms with E-state index in [2.05, 4.69) is 36.1 Å². The maximum absolute atomic E-state index is 14.5. The summed E-state index contributed by atoms with van der Waals surface area (Å²) >= 11 is 0. The Bertz CT molecular complexity index is 1680. The van der Waals surface area contributed by atoms with Gasteiger partial charge in [-0.3, -0.25) is 14.5 Å². The lowest BCUT2D eigenvalue weighted by atomic mass is 10.0. The zero-order chi connectivity index (χ0) is 35.3. The third-order valence-electron chi connectivity index (χ3n) is 9.27. The first-order valence-corrected chi connectivity index (χ1v) is 17.5. The Hall–Kier alpha value is -4.69. The second-order valence-electron chi connectivity index (χ2n) is 13.0. The third-order valence-corrected chi connectivity index (χ3v) is 9.27. The molecule has 262 valence electrons. The van der Waals surface area contributed by atoms with Gasteiger partial charge in [-0.25, -0.2) is 0 Å². The van der Waals surface area contributed by atoms with Crippen LogP contribution in [0.4, 0.5) is 13.2 Å². The molecule has 0 unspecified atom stereocenters. The molecule has 5 nitrogen and oxygen atoms in total. The van der Waals surface area contributed by atoms with Crippen molar-refractivity contribution in [1.82, 2.24) is 14.7 Å². The number of benzene rings is 4. The van der Waals surface area contributed by atoms with E-state index in [9.17, 15) is 22.8 Å². The molecule has 0 saturated carbocycles. The van der Waals surface area contributed by atoms with E-state index in [4.69, 9.17) is 0 Å². The van der Waals surface area contributed by atoms with Gasteiger partial charge in [-0.1, -0.05) is 123 Å². The summed E-state index contributed by atoms with van der Waals surface area (Å²) in [6, 6.07) is 32.2. The number of halogens is 3. The summed E-state index contributed by atoms with van der Waals surface area (Å²) in [5.41, 5.74) is 3.23. The van der Waals surface area contributed by atoms with Gasteiger partial charge in [0, 0.05) is 51.8 Å². The third kappa shape index (κ3) is 10.4. The van der Waals surface area contributed by atoms with E-state index < -0.39 is 23.7 Å². The van der Waals surface area contributed by atoms with Gasteiger partial charge < -0.3 is 9.80 Å². The van der Waals surface area contributed by atoms with E-state index in [1.54, 1.807) is 0 Å². The van der Waals surface area contributed by atoms with E-state index in [-0.39, 0.29) is 24.4 Å². The first-order valence-electron chi connectivity index (χ1n) is 17.5. The van der Waals surface area contributed by atoms with Crippen molar-refractivity contribution in [3.05, 3.63) is 149 Å². The van der Waals surface area contributed by atoms with Crippen LogP contribution in [0.3, 0.4) is 0 Å². The van der Waals surface area contributed by atoms with Crippen LogP contribution in [0.1, 0.15) is 59.6 Å².